The van der Waals surface area contributed by atoms with Gasteiger partial charge in [-0.1, -0.05) is 19.1 Å². The molecule has 11 heavy (non-hydrogen) atoms. The van der Waals surface area contributed by atoms with Gasteiger partial charge in [0.2, 0.25) is 0 Å². The van der Waals surface area contributed by atoms with E-state index in [1.807, 2.05) is 6.92 Å². The molecule has 0 bridgehead atoms. The highest BCUT2D eigenvalue weighted by molar-refractivity contribution is 5.80. The summed E-state index contributed by atoms with van der Waals surface area (Å²) in [6, 6.07) is 0. The summed E-state index contributed by atoms with van der Waals surface area (Å²) in [6.07, 6.45) is 4.89. The first-order chi connectivity index (χ1) is 5.20. The van der Waals surface area contributed by atoms with Crippen LogP contribution in [0.1, 0.15) is 39.0 Å². The molecule has 1 nitrogen and oxygen atoms in total. The van der Waals surface area contributed by atoms with Gasteiger partial charge in [-0.15, -0.1) is 0 Å². The van der Waals surface area contributed by atoms with E-state index < -0.39 is 0 Å². The summed E-state index contributed by atoms with van der Waals surface area (Å²) in [7, 11) is 0. The Hall–Kier alpha value is -0.590. The van der Waals surface area contributed by atoms with Crippen molar-refractivity contribution in [1.82, 2.24) is 0 Å². The minimum Gasteiger partial charge on any atom is -0.299 e. The fourth-order valence-electron chi connectivity index (χ4n) is 1.47. The molecule has 0 N–H and O–H groups in total. The molecular weight excluding hydrogens is 136 g/mol. The second kappa shape index (κ2) is 3.70. The summed E-state index contributed by atoms with van der Waals surface area (Å²) in [4.78, 5) is 11.2. The highest BCUT2D eigenvalue weighted by Gasteiger charge is 2.15. The Kier molecular flexibility index (Phi) is 2.86. The predicted octanol–water partition coefficient (Wildman–Crippen LogP) is 2.71. The van der Waals surface area contributed by atoms with Crippen LogP contribution in [0.5, 0.6) is 0 Å². The molecule has 1 heteroatoms. The van der Waals surface area contributed by atoms with E-state index >= 15 is 0 Å². The average molecular weight is 152 g/mol. The molecule has 0 heterocycles. The first kappa shape index (κ1) is 8.51. The molecule has 0 amide bonds. The number of ketones is 1. The third kappa shape index (κ3) is 2.49. The number of rotatable bonds is 0. The Labute approximate surface area is 68.5 Å². The maximum atomic E-state index is 11.2. The molecule has 1 fully saturated rings. The molecule has 0 aliphatic heterocycles. The second-order valence-corrected chi connectivity index (χ2v) is 3.51. The van der Waals surface area contributed by atoms with E-state index in [4.69, 9.17) is 0 Å². The summed E-state index contributed by atoms with van der Waals surface area (Å²) in [5.41, 5.74) is 1.32. The number of allylic oxidation sites excluding steroid dienone is 1. The van der Waals surface area contributed by atoms with E-state index in [9.17, 15) is 4.79 Å². The van der Waals surface area contributed by atoms with Crippen molar-refractivity contribution in [1.29, 1.82) is 0 Å². The quantitative estimate of drug-likeness (QED) is 0.488. The summed E-state index contributed by atoms with van der Waals surface area (Å²) in [5.74, 6) is 0.713. The van der Waals surface area contributed by atoms with Crippen molar-refractivity contribution < 1.29 is 4.79 Å². The molecule has 62 valence electrons. The Morgan fingerprint density at radius 3 is 2.82 bits per heavy atom. The van der Waals surface area contributed by atoms with Gasteiger partial charge in [0, 0.05) is 12.3 Å². The molecule has 0 aromatic heterocycles. The van der Waals surface area contributed by atoms with Crippen LogP contribution in [0, 0.1) is 5.92 Å². The molecule has 0 spiro atoms. The molecule has 0 aromatic rings. The minimum absolute atomic E-state index is 0.270. The van der Waals surface area contributed by atoms with E-state index in [0.717, 1.165) is 32.1 Å². The fourth-order valence-corrected chi connectivity index (χ4v) is 1.47. The first-order valence-corrected chi connectivity index (χ1v) is 4.39. The third-order valence-corrected chi connectivity index (χ3v) is 2.43. The molecule has 0 saturated heterocycles. The lowest BCUT2D eigenvalue weighted by Gasteiger charge is -2.15. The normalized spacial score (nSPS) is 27.9. The van der Waals surface area contributed by atoms with Crippen LogP contribution in [0.25, 0.3) is 0 Å². The maximum absolute atomic E-state index is 11.2. The van der Waals surface area contributed by atoms with Crippen LogP contribution in [0.2, 0.25) is 0 Å². The minimum atomic E-state index is 0.270. The molecular formula is C10H16O. The summed E-state index contributed by atoms with van der Waals surface area (Å²) in [6.45, 7) is 5.99. The first-order valence-electron chi connectivity index (χ1n) is 4.39. The van der Waals surface area contributed by atoms with Crippen LogP contribution in [0.15, 0.2) is 12.2 Å². The van der Waals surface area contributed by atoms with Crippen molar-refractivity contribution in [2.45, 2.75) is 39.0 Å². The molecule has 1 unspecified atom stereocenters. The largest absolute Gasteiger partial charge is 0.299 e. The van der Waals surface area contributed by atoms with E-state index in [1.165, 1.54) is 5.57 Å². The highest BCUT2D eigenvalue weighted by atomic mass is 16.1. The van der Waals surface area contributed by atoms with Crippen LogP contribution in [-0.4, -0.2) is 5.78 Å². The third-order valence-electron chi connectivity index (χ3n) is 2.43. The van der Waals surface area contributed by atoms with Gasteiger partial charge in [-0.25, -0.2) is 0 Å². The standard InChI is InChI=1S/C10H16O/c1-8-4-3-5-10(11)9(2)7-6-8/h9H,1,3-7H2,2H3. The van der Waals surface area contributed by atoms with Crippen LogP contribution in [0.4, 0.5) is 0 Å². The van der Waals surface area contributed by atoms with E-state index in [2.05, 4.69) is 6.58 Å². The summed E-state index contributed by atoms with van der Waals surface area (Å²) >= 11 is 0. The van der Waals surface area contributed by atoms with Gasteiger partial charge >= 0.3 is 0 Å². The number of hydrogen-bond acceptors (Lipinski definition) is 1. The maximum Gasteiger partial charge on any atom is 0.135 e. The number of carbonyl (C=O) groups excluding carboxylic acids is 1. The van der Waals surface area contributed by atoms with Gasteiger partial charge in [0.1, 0.15) is 5.78 Å². The molecule has 1 atom stereocenters. The van der Waals surface area contributed by atoms with Crippen molar-refractivity contribution >= 4 is 5.78 Å². The van der Waals surface area contributed by atoms with Crippen LogP contribution >= 0.6 is 0 Å². The van der Waals surface area contributed by atoms with Gasteiger partial charge in [0.25, 0.3) is 0 Å². The average Bonchev–Trinajstić information content (AvgIpc) is 1.98. The van der Waals surface area contributed by atoms with Crippen molar-refractivity contribution in [3.8, 4) is 0 Å². The molecule has 1 saturated carbocycles. The topological polar surface area (TPSA) is 17.1 Å². The zero-order chi connectivity index (χ0) is 8.27. The van der Waals surface area contributed by atoms with E-state index in [-0.39, 0.29) is 5.92 Å². The molecule has 1 aliphatic rings. The lowest BCUT2D eigenvalue weighted by atomic mass is 9.89. The summed E-state index contributed by atoms with van der Waals surface area (Å²) < 4.78 is 0. The lowest BCUT2D eigenvalue weighted by Crippen LogP contribution is -2.13. The van der Waals surface area contributed by atoms with Gasteiger partial charge in [-0.3, -0.25) is 4.79 Å². The van der Waals surface area contributed by atoms with Gasteiger partial charge < -0.3 is 0 Å². The Morgan fingerprint density at radius 2 is 2.09 bits per heavy atom. The Balaban J connectivity index is 2.47. The smallest absolute Gasteiger partial charge is 0.135 e. The number of carbonyl (C=O) groups is 1. The van der Waals surface area contributed by atoms with E-state index in [0.29, 0.717) is 5.78 Å². The molecule has 0 aromatic carbocycles. The Bertz CT molecular complexity index is 170. The van der Waals surface area contributed by atoms with Crippen molar-refractivity contribution in [2.75, 3.05) is 0 Å². The van der Waals surface area contributed by atoms with Crippen molar-refractivity contribution in [3.05, 3.63) is 12.2 Å². The van der Waals surface area contributed by atoms with Crippen LogP contribution in [0.3, 0.4) is 0 Å². The molecule has 1 aliphatic carbocycles. The molecule has 0 radical (unpaired) electrons. The van der Waals surface area contributed by atoms with Gasteiger partial charge in [0.15, 0.2) is 0 Å². The predicted molar refractivity (Wildman–Crippen MR) is 46.4 cm³/mol. The van der Waals surface area contributed by atoms with Crippen molar-refractivity contribution in [3.63, 3.8) is 0 Å². The van der Waals surface area contributed by atoms with E-state index in [1.54, 1.807) is 0 Å². The lowest BCUT2D eigenvalue weighted by molar-refractivity contribution is -0.122. The summed E-state index contributed by atoms with van der Waals surface area (Å²) in [5, 5.41) is 0. The monoisotopic (exact) mass is 152 g/mol. The second-order valence-electron chi connectivity index (χ2n) is 3.51. The van der Waals surface area contributed by atoms with Crippen molar-refractivity contribution in [2.24, 2.45) is 5.92 Å². The Morgan fingerprint density at radius 1 is 1.36 bits per heavy atom. The highest BCUT2D eigenvalue weighted by Crippen LogP contribution is 2.21. The van der Waals surface area contributed by atoms with Crippen LogP contribution < -0.4 is 0 Å². The van der Waals surface area contributed by atoms with Gasteiger partial charge in [-0.05, 0) is 25.7 Å². The SMILES string of the molecule is C=C1CCCC(=O)C(C)CC1. The van der Waals surface area contributed by atoms with Crippen LogP contribution in [-0.2, 0) is 4.79 Å². The zero-order valence-corrected chi connectivity index (χ0v) is 7.23. The number of hydrogen-bond donors (Lipinski definition) is 0. The van der Waals surface area contributed by atoms with Gasteiger partial charge in [-0.2, -0.15) is 0 Å². The number of Topliss-reactive ketones (excluding diaryl/α,β-unsaturated/α-hetero) is 1. The fraction of sp³-hybridized carbons (Fsp3) is 0.700. The van der Waals surface area contributed by atoms with Gasteiger partial charge in [0.05, 0.1) is 0 Å². The zero-order valence-electron chi connectivity index (χ0n) is 7.23. The molecule has 1 rings (SSSR count).